The van der Waals surface area contributed by atoms with Crippen LogP contribution in [0.15, 0.2) is 42.6 Å². The lowest BCUT2D eigenvalue weighted by Gasteiger charge is -2.29. The molecule has 1 aromatic carbocycles. The highest BCUT2D eigenvalue weighted by Crippen LogP contribution is 2.31. The normalized spacial score (nSPS) is 15.9. The summed E-state index contributed by atoms with van der Waals surface area (Å²) in [5.41, 5.74) is 1.66. The molecule has 7 heteroatoms. The van der Waals surface area contributed by atoms with Crippen LogP contribution in [0.2, 0.25) is 0 Å². The molecule has 4 rings (SSSR count). The molecular weight excluding hydrogens is 382 g/mol. The van der Waals surface area contributed by atoms with E-state index in [4.69, 9.17) is 9.47 Å². The van der Waals surface area contributed by atoms with E-state index in [9.17, 15) is 9.59 Å². The van der Waals surface area contributed by atoms with Gasteiger partial charge in [0.15, 0.2) is 0 Å². The summed E-state index contributed by atoms with van der Waals surface area (Å²) in [5, 5.41) is 2.85. The molecule has 0 bridgehead atoms. The van der Waals surface area contributed by atoms with Gasteiger partial charge in [0.2, 0.25) is 17.7 Å². The molecule has 1 aliphatic heterocycles. The molecule has 2 aromatic rings. The van der Waals surface area contributed by atoms with Crippen molar-refractivity contribution in [1.82, 2.24) is 10.3 Å². The van der Waals surface area contributed by atoms with Crippen molar-refractivity contribution in [3.05, 3.63) is 48.2 Å². The molecule has 0 saturated heterocycles. The Hall–Kier alpha value is -3.09. The Morgan fingerprint density at radius 3 is 2.77 bits per heavy atom. The highest BCUT2D eigenvalue weighted by atomic mass is 16.5. The smallest absolute Gasteiger partial charge is 0.227 e. The van der Waals surface area contributed by atoms with Crippen molar-refractivity contribution in [1.29, 1.82) is 0 Å². The summed E-state index contributed by atoms with van der Waals surface area (Å²) >= 11 is 0. The van der Waals surface area contributed by atoms with Gasteiger partial charge >= 0.3 is 0 Å². The molecule has 1 saturated carbocycles. The van der Waals surface area contributed by atoms with Gasteiger partial charge < -0.3 is 19.7 Å². The molecule has 2 heterocycles. The Morgan fingerprint density at radius 1 is 1.13 bits per heavy atom. The summed E-state index contributed by atoms with van der Waals surface area (Å²) in [7, 11) is 0. The zero-order chi connectivity index (χ0) is 20.8. The van der Waals surface area contributed by atoms with Gasteiger partial charge in [-0.1, -0.05) is 18.2 Å². The van der Waals surface area contributed by atoms with Crippen molar-refractivity contribution in [3.63, 3.8) is 0 Å². The Kier molecular flexibility index (Phi) is 6.47. The van der Waals surface area contributed by atoms with Crippen LogP contribution in [-0.2, 0) is 16.1 Å². The number of anilines is 1. The Bertz CT molecular complexity index is 878. The number of nitrogens with zero attached hydrogens (tertiary/aromatic N) is 2. The van der Waals surface area contributed by atoms with Crippen LogP contribution in [0.3, 0.4) is 0 Å². The van der Waals surface area contributed by atoms with E-state index in [-0.39, 0.29) is 30.8 Å². The van der Waals surface area contributed by atoms with E-state index in [0.717, 1.165) is 24.1 Å². The number of hydrogen-bond acceptors (Lipinski definition) is 5. The minimum absolute atomic E-state index is 0.0732. The number of fused-ring (bicyclic) bond motifs is 1. The average Bonchev–Trinajstić information content (AvgIpc) is 3.29. The van der Waals surface area contributed by atoms with Crippen LogP contribution < -0.4 is 19.7 Å². The zero-order valence-corrected chi connectivity index (χ0v) is 17.0. The van der Waals surface area contributed by atoms with E-state index >= 15 is 0 Å². The third kappa shape index (κ3) is 5.09. The molecule has 158 valence electrons. The van der Waals surface area contributed by atoms with Gasteiger partial charge in [-0.15, -0.1) is 0 Å². The SMILES string of the molecule is O=C(CCC(=O)N1CCOc2ccccc21)NCc1ccc(OC2CCCC2)nc1. The molecule has 1 aliphatic carbocycles. The number of nitrogens with one attached hydrogen (secondary N) is 1. The van der Waals surface area contributed by atoms with Crippen LogP contribution in [-0.4, -0.2) is 36.1 Å². The summed E-state index contributed by atoms with van der Waals surface area (Å²) in [5.74, 6) is 1.11. The average molecular weight is 409 g/mol. The number of pyridine rings is 1. The van der Waals surface area contributed by atoms with E-state index in [2.05, 4.69) is 10.3 Å². The topological polar surface area (TPSA) is 80.8 Å². The standard InChI is InChI=1S/C23H27N3O4/c27-21(10-12-23(28)26-13-14-29-20-8-4-3-7-19(20)26)24-15-17-9-11-22(25-16-17)30-18-5-1-2-6-18/h3-4,7-9,11,16,18H,1-2,5-6,10,12-15H2,(H,24,27). The third-order valence-electron chi connectivity index (χ3n) is 5.47. The predicted molar refractivity (Wildman–Crippen MR) is 112 cm³/mol. The summed E-state index contributed by atoms with van der Waals surface area (Å²) < 4.78 is 11.4. The number of aromatic nitrogens is 1. The van der Waals surface area contributed by atoms with Crippen LogP contribution >= 0.6 is 0 Å². The predicted octanol–water partition coefficient (Wildman–Crippen LogP) is 3.23. The van der Waals surface area contributed by atoms with Crippen LogP contribution in [0.1, 0.15) is 44.1 Å². The van der Waals surface area contributed by atoms with Crippen molar-refractivity contribution < 1.29 is 19.1 Å². The quantitative estimate of drug-likeness (QED) is 0.759. The van der Waals surface area contributed by atoms with Crippen molar-refractivity contribution in [2.24, 2.45) is 0 Å². The third-order valence-corrected chi connectivity index (χ3v) is 5.47. The molecule has 1 aromatic heterocycles. The minimum atomic E-state index is -0.156. The highest BCUT2D eigenvalue weighted by molar-refractivity contribution is 5.97. The second kappa shape index (κ2) is 9.61. The van der Waals surface area contributed by atoms with E-state index in [0.29, 0.717) is 31.3 Å². The molecule has 30 heavy (non-hydrogen) atoms. The number of benzene rings is 1. The Balaban J connectivity index is 1.21. The Morgan fingerprint density at radius 2 is 1.97 bits per heavy atom. The summed E-state index contributed by atoms with van der Waals surface area (Å²) in [4.78, 5) is 30.8. The molecule has 2 amide bonds. The monoisotopic (exact) mass is 409 g/mol. The fraction of sp³-hybridized carbons (Fsp3) is 0.435. The van der Waals surface area contributed by atoms with Gasteiger partial charge in [0.05, 0.1) is 12.2 Å². The zero-order valence-electron chi connectivity index (χ0n) is 17.0. The fourth-order valence-electron chi connectivity index (χ4n) is 3.84. The second-order valence-electron chi connectivity index (χ2n) is 7.67. The lowest BCUT2D eigenvalue weighted by Crippen LogP contribution is -2.38. The van der Waals surface area contributed by atoms with Gasteiger partial charge in [0, 0.05) is 31.6 Å². The first-order chi connectivity index (χ1) is 14.7. The first kappa shape index (κ1) is 20.2. The van der Waals surface area contributed by atoms with Gasteiger partial charge in [0.1, 0.15) is 18.5 Å². The van der Waals surface area contributed by atoms with E-state index in [1.807, 2.05) is 36.4 Å². The maximum absolute atomic E-state index is 12.6. The first-order valence-corrected chi connectivity index (χ1v) is 10.6. The van der Waals surface area contributed by atoms with Gasteiger partial charge in [-0.2, -0.15) is 0 Å². The molecule has 1 fully saturated rings. The number of hydrogen-bond donors (Lipinski definition) is 1. The largest absolute Gasteiger partial charge is 0.490 e. The van der Waals surface area contributed by atoms with Gasteiger partial charge in [0.25, 0.3) is 0 Å². The number of carbonyl (C=O) groups excluding carboxylic acids is 2. The fourth-order valence-corrected chi connectivity index (χ4v) is 3.84. The number of ether oxygens (including phenoxy) is 2. The van der Waals surface area contributed by atoms with E-state index < -0.39 is 0 Å². The van der Waals surface area contributed by atoms with E-state index in [1.165, 1.54) is 12.8 Å². The molecule has 0 spiro atoms. The van der Waals surface area contributed by atoms with Gasteiger partial charge in [-0.3, -0.25) is 9.59 Å². The summed E-state index contributed by atoms with van der Waals surface area (Å²) in [6.07, 6.45) is 6.92. The number of carbonyl (C=O) groups is 2. The first-order valence-electron chi connectivity index (χ1n) is 10.6. The molecule has 0 atom stereocenters. The molecular formula is C23H27N3O4. The molecule has 2 aliphatic rings. The maximum atomic E-state index is 12.6. The van der Waals surface area contributed by atoms with Crippen LogP contribution in [0.5, 0.6) is 11.6 Å². The van der Waals surface area contributed by atoms with Crippen molar-refractivity contribution >= 4 is 17.5 Å². The van der Waals surface area contributed by atoms with Crippen molar-refractivity contribution in [2.45, 2.75) is 51.2 Å². The number of rotatable bonds is 7. The maximum Gasteiger partial charge on any atom is 0.227 e. The number of amides is 2. The van der Waals surface area contributed by atoms with Crippen LogP contribution in [0.25, 0.3) is 0 Å². The highest BCUT2D eigenvalue weighted by Gasteiger charge is 2.23. The van der Waals surface area contributed by atoms with Gasteiger partial charge in [-0.25, -0.2) is 4.98 Å². The van der Waals surface area contributed by atoms with Crippen LogP contribution in [0.4, 0.5) is 5.69 Å². The lowest BCUT2D eigenvalue weighted by molar-refractivity contribution is -0.125. The van der Waals surface area contributed by atoms with Crippen molar-refractivity contribution in [3.8, 4) is 11.6 Å². The van der Waals surface area contributed by atoms with E-state index in [1.54, 1.807) is 11.1 Å². The molecule has 0 radical (unpaired) electrons. The summed E-state index contributed by atoms with van der Waals surface area (Å²) in [6.45, 7) is 1.34. The lowest BCUT2D eigenvalue weighted by atomic mass is 10.2. The summed E-state index contributed by atoms with van der Waals surface area (Å²) in [6, 6.07) is 11.2. The second-order valence-corrected chi connectivity index (χ2v) is 7.67. The van der Waals surface area contributed by atoms with Gasteiger partial charge in [-0.05, 0) is 43.4 Å². The van der Waals surface area contributed by atoms with Crippen molar-refractivity contribution in [2.75, 3.05) is 18.1 Å². The minimum Gasteiger partial charge on any atom is -0.490 e. The molecule has 0 unspecified atom stereocenters. The molecule has 7 nitrogen and oxygen atoms in total. The number of para-hydroxylation sites is 2. The molecule has 1 N–H and O–H groups in total. The van der Waals surface area contributed by atoms with Crippen LogP contribution in [0, 0.1) is 0 Å². The Labute approximate surface area is 176 Å².